The van der Waals surface area contributed by atoms with Crippen LogP contribution in [0.15, 0.2) is 53.6 Å². The van der Waals surface area contributed by atoms with Gasteiger partial charge in [-0.05, 0) is 56.0 Å². The van der Waals surface area contributed by atoms with Crippen LogP contribution in [0.2, 0.25) is 5.02 Å². The third kappa shape index (κ3) is 4.96. The smallest absolute Gasteiger partial charge is 0.339 e. The van der Waals surface area contributed by atoms with Gasteiger partial charge < -0.3 is 14.6 Å². The number of amides is 3. The van der Waals surface area contributed by atoms with E-state index in [1.165, 1.54) is 25.3 Å². The zero-order valence-corrected chi connectivity index (χ0v) is 20.8. The van der Waals surface area contributed by atoms with Crippen molar-refractivity contribution >= 4 is 69.1 Å². The molecule has 0 spiro atoms. The molecule has 8 nitrogen and oxygen atoms in total. The minimum atomic E-state index is -0.652. The molecule has 180 valence electrons. The largest absolute Gasteiger partial charge is 0.465 e. The van der Waals surface area contributed by atoms with Crippen LogP contribution in [-0.4, -0.2) is 46.1 Å². The summed E-state index contributed by atoms with van der Waals surface area (Å²) in [6.07, 6.45) is 3.64. The summed E-state index contributed by atoms with van der Waals surface area (Å²) >= 11 is 6.79. The summed E-state index contributed by atoms with van der Waals surface area (Å²) in [6.45, 7) is 3.67. The van der Waals surface area contributed by atoms with Crippen LogP contribution in [0.1, 0.15) is 35.8 Å². The maximum absolute atomic E-state index is 13.0. The third-order valence-corrected chi connectivity index (χ3v) is 6.68. The monoisotopic (exact) mass is 511 g/mol. The number of aromatic nitrogens is 1. The molecule has 1 aromatic heterocycles. The van der Waals surface area contributed by atoms with Crippen LogP contribution in [0.25, 0.3) is 17.0 Å². The molecular formula is C25H22ClN3O5S. The summed E-state index contributed by atoms with van der Waals surface area (Å²) in [5, 5.41) is 3.18. The first-order chi connectivity index (χ1) is 16.7. The number of thioether (sulfide) groups is 1. The number of carbonyl (C=O) groups is 4. The van der Waals surface area contributed by atoms with Gasteiger partial charge in [0.25, 0.3) is 11.1 Å². The molecule has 4 rings (SSSR count). The Hall–Kier alpha value is -3.56. The van der Waals surface area contributed by atoms with Crippen molar-refractivity contribution in [3.63, 3.8) is 0 Å². The lowest BCUT2D eigenvalue weighted by Gasteiger charge is -2.13. The summed E-state index contributed by atoms with van der Waals surface area (Å²) in [7, 11) is 1.22. The van der Waals surface area contributed by atoms with Crippen molar-refractivity contribution in [2.45, 2.75) is 19.9 Å². The molecule has 35 heavy (non-hydrogen) atoms. The van der Waals surface area contributed by atoms with Crippen molar-refractivity contribution in [2.75, 3.05) is 19.0 Å². The highest BCUT2D eigenvalue weighted by Crippen LogP contribution is 2.34. The lowest BCUT2D eigenvalue weighted by Crippen LogP contribution is -2.36. The number of imide groups is 1. The summed E-state index contributed by atoms with van der Waals surface area (Å²) in [5.74, 6) is -1.79. The fourth-order valence-electron chi connectivity index (χ4n) is 3.77. The Bertz CT molecular complexity index is 1400. The van der Waals surface area contributed by atoms with E-state index in [0.717, 1.165) is 33.1 Å². The summed E-state index contributed by atoms with van der Waals surface area (Å²) in [5.41, 5.74) is 2.22. The molecule has 0 unspecified atom stereocenters. The highest BCUT2D eigenvalue weighted by molar-refractivity contribution is 8.18. The minimum absolute atomic E-state index is 0.0848. The van der Waals surface area contributed by atoms with Crippen LogP contribution < -0.4 is 5.32 Å². The van der Waals surface area contributed by atoms with E-state index >= 15 is 0 Å². The van der Waals surface area contributed by atoms with Crippen LogP contribution >= 0.6 is 23.4 Å². The van der Waals surface area contributed by atoms with E-state index in [1.54, 1.807) is 6.08 Å². The Morgan fingerprint density at radius 3 is 2.63 bits per heavy atom. The number of fused-ring (bicyclic) bond motifs is 1. The topological polar surface area (TPSA) is 97.7 Å². The third-order valence-electron chi connectivity index (χ3n) is 5.45. The van der Waals surface area contributed by atoms with Gasteiger partial charge in [0.2, 0.25) is 5.91 Å². The number of nitrogens with one attached hydrogen (secondary N) is 1. The highest BCUT2D eigenvalue weighted by Gasteiger charge is 2.36. The molecule has 3 amide bonds. The predicted octanol–water partition coefficient (Wildman–Crippen LogP) is 5.34. The van der Waals surface area contributed by atoms with Gasteiger partial charge in [0.1, 0.15) is 6.54 Å². The first-order valence-corrected chi connectivity index (χ1v) is 11.9. The Morgan fingerprint density at radius 1 is 1.17 bits per heavy atom. The molecule has 10 heteroatoms. The number of halogens is 1. The van der Waals surface area contributed by atoms with E-state index in [-0.39, 0.29) is 27.2 Å². The number of methoxy groups -OCH3 is 1. The summed E-state index contributed by atoms with van der Waals surface area (Å²) in [4.78, 5) is 51.0. The van der Waals surface area contributed by atoms with Crippen LogP contribution in [-0.2, 0) is 14.3 Å². The number of benzene rings is 2. The van der Waals surface area contributed by atoms with Gasteiger partial charge in [-0.1, -0.05) is 29.8 Å². The SMILES string of the molecule is COC(=O)c1cc(NC(=O)CN2C(=O)S/C(=C/c3cn(C(C)C)c4ccccc34)C2=O)ccc1Cl. The number of carbonyl (C=O) groups excluding carboxylic acids is 4. The number of hydrogen-bond donors (Lipinski definition) is 1. The Morgan fingerprint density at radius 2 is 1.91 bits per heavy atom. The fourth-order valence-corrected chi connectivity index (χ4v) is 4.79. The molecular weight excluding hydrogens is 490 g/mol. The van der Waals surface area contributed by atoms with Gasteiger partial charge in [-0.2, -0.15) is 0 Å². The van der Waals surface area contributed by atoms with Crippen LogP contribution in [0.4, 0.5) is 10.5 Å². The van der Waals surface area contributed by atoms with Crippen molar-refractivity contribution in [1.82, 2.24) is 9.47 Å². The lowest BCUT2D eigenvalue weighted by molar-refractivity contribution is -0.127. The standard InChI is InChI=1S/C25H22ClN3O5S/c1-14(2)28-12-15(17-6-4-5-7-20(17)28)10-21-23(31)29(25(33)35-21)13-22(30)27-16-8-9-19(26)18(11-16)24(32)34-3/h4-12,14H,13H2,1-3H3,(H,27,30)/b21-10+. The summed E-state index contributed by atoms with van der Waals surface area (Å²) in [6, 6.07) is 12.4. The van der Waals surface area contributed by atoms with Gasteiger partial charge >= 0.3 is 5.97 Å². The quantitative estimate of drug-likeness (QED) is 0.354. The van der Waals surface area contributed by atoms with Crippen molar-refractivity contribution < 1.29 is 23.9 Å². The van der Waals surface area contributed by atoms with Gasteiger partial charge in [-0.15, -0.1) is 0 Å². The zero-order valence-electron chi connectivity index (χ0n) is 19.2. The lowest BCUT2D eigenvalue weighted by atomic mass is 10.1. The second-order valence-corrected chi connectivity index (χ2v) is 9.51. The van der Waals surface area contributed by atoms with E-state index in [2.05, 4.69) is 28.5 Å². The number of para-hydroxylation sites is 1. The van der Waals surface area contributed by atoms with Gasteiger partial charge in [0.05, 0.1) is 22.6 Å². The minimum Gasteiger partial charge on any atom is -0.465 e. The molecule has 0 atom stereocenters. The van der Waals surface area contributed by atoms with Gasteiger partial charge in [0, 0.05) is 34.4 Å². The predicted molar refractivity (Wildman–Crippen MR) is 136 cm³/mol. The van der Waals surface area contributed by atoms with E-state index in [4.69, 9.17) is 11.6 Å². The molecule has 2 aromatic carbocycles. The average molecular weight is 512 g/mol. The van der Waals surface area contributed by atoms with Gasteiger partial charge in [-0.25, -0.2) is 4.79 Å². The highest BCUT2D eigenvalue weighted by atomic mass is 35.5. The van der Waals surface area contributed by atoms with Crippen LogP contribution in [0.5, 0.6) is 0 Å². The molecule has 0 saturated carbocycles. The van der Waals surface area contributed by atoms with Crippen molar-refractivity contribution in [3.8, 4) is 0 Å². The first-order valence-electron chi connectivity index (χ1n) is 10.7. The number of esters is 1. The maximum atomic E-state index is 13.0. The molecule has 1 aliphatic rings. The number of hydrogen-bond acceptors (Lipinski definition) is 6. The Balaban J connectivity index is 1.52. The number of anilines is 1. The molecule has 0 radical (unpaired) electrons. The summed E-state index contributed by atoms with van der Waals surface area (Å²) < 4.78 is 6.78. The van der Waals surface area contributed by atoms with E-state index in [1.807, 2.05) is 30.5 Å². The molecule has 1 fully saturated rings. The molecule has 1 saturated heterocycles. The van der Waals surface area contributed by atoms with E-state index in [9.17, 15) is 19.2 Å². The second kappa shape index (κ2) is 9.97. The van der Waals surface area contributed by atoms with Crippen molar-refractivity contribution in [2.24, 2.45) is 0 Å². The van der Waals surface area contributed by atoms with E-state index in [0.29, 0.717) is 0 Å². The number of ether oxygens (including phenoxy) is 1. The average Bonchev–Trinajstić information content (AvgIpc) is 3.32. The van der Waals surface area contributed by atoms with Gasteiger partial charge in [-0.3, -0.25) is 19.3 Å². The van der Waals surface area contributed by atoms with Crippen molar-refractivity contribution in [3.05, 3.63) is 69.7 Å². The Kier molecular flexibility index (Phi) is 7.00. The normalized spacial score (nSPS) is 14.9. The number of rotatable bonds is 6. The first kappa shape index (κ1) is 24.6. The maximum Gasteiger partial charge on any atom is 0.339 e. The van der Waals surface area contributed by atoms with Gasteiger partial charge in [0.15, 0.2) is 0 Å². The van der Waals surface area contributed by atoms with Crippen molar-refractivity contribution in [1.29, 1.82) is 0 Å². The fraction of sp³-hybridized carbons (Fsp3) is 0.200. The molecule has 1 N–H and O–H groups in total. The Labute approximate surface area is 210 Å². The van der Waals surface area contributed by atoms with E-state index < -0.39 is 29.6 Å². The zero-order chi connectivity index (χ0) is 25.3. The second-order valence-electron chi connectivity index (χ2n) is 8.10. The van der Waals surface area contributed by atoms with Crippen LogP contribution in [0.3, 0.4) is 0 Å². The number of nitrogens with zero attached hydrogens (tertiary/aromatic N) is 2. The molecule has 1 aliphatic heterocycles. The molecule has 0 aliphatic carbocycles. The molecule has 2 heterocycles. The molecule has 0 bridgehead atoms. The molecule has 3 aromatic rings. The van der Waals surface area contributed by atoms with Crippen LogP contribution in [0, 0.1) is 0 Å².